The van der Waals surface area contributed by atoms with E-state index in [9.17, 15) is 23.3 Å². The maximum Gasteiger partial charge on any atom is 0.307 e. The first-order valence-electron chi connectivity index (χ1n) is 8.19. The quantitative estimate of drug-likeness (QED) is 0.419. The summed E-state index contributed by atoms with van der Waals surface area (Å²) < 4.78 is 31.8. The van der Waals surface area contributed by atoms with E-state index in [4.69, 9.17) is 4.74 Å². The van der Waals surface area contributed by atoms with Crippen LogP contribution in [0.15, 0.2) is 53.4 Å². The van der Waals surface area contributed by atoms with Gasteiger partial charge in [0, 0.05) is 18.7 Å². The molecule has 0 fully saturated rings. The van der Waals surface area contributed by atoms with Crippen molar-refractivity contribution < 1.29 is 22.9 Å². The highest BCUT2D eigenvalue weighted by Gasteiger charge is 2.17. The van der Waals surface area contributed by atoms with E-state index in [0.717, 1.165) is 5.56 Å². The van der Waals surface area contributed by atoms with Gasteiger partial charge in [-0.2, -0.15) is 0 Å². The van der Waals surface area contributed by atoms with E-state index in [0.29, 0.717) is 5.56 Å². The van der Waals surface area contributed by atoms with Crippen LogP contribution in [-0.2, 0) is 19.6 Å². The van der Waals surface area contributed by atoms with Gasteiger partial charge in [-0.1, -0.05) is 29.8 Å². The van der Waals surface area contributed by atoms with E-state index in [1.807, 2.05) is 6.92 Å². The molecule has 1 N–H and O–H groups in total. The normalized spacial score (nSPS) is 12.4. The summed E-state index contributed by atoms with van der Waals surface area (Å²) in [5.74, 6) is -0.611. The molecule has 0 aliphatic carbocycles. The number of sulfonamides is 1. The lowest BCUT2D eigenvalue weighted by atomic mass is 10.1. The highest BCUT2D eigenvalue weighted by Crippen LogP contribution is 2.22. The highest BCUT2D eigenvalue weighted by molar-refractivity contribution is 7.89. The Hall–Kier alpha value is -2.78. The minimum atomic E-state index is -3.70. The molecular formula is C18H20N2O6S. The minimum Gasteiger partial charge on any atom is -0.458 e. The fourth-order valence-corrected chi connectivity index (χ4v) is 3.34. The van der Waals surface area contributed by atoms with Crippen molar-refractivity contribution in [1.29, 1.82) is 0 Å². The number of non-ortho nitro benzene ring substituents is 1. The molecule has 0 bridgehead atoms. The number of aryl methyl sites for hydroxylation is 1. The molecule has 0 spiro atoms. The van der Waals surface area contributed by atoms with Gasteiger partial charge < -0.3 is 4.74 Å². The molecule has 27 heavy (non-hydrogen) atoms. The lowest BCUT2D eigenvalue weighted by Crippen LogP contribution is -2.27. The van der Waals surface area contributed by atoms with Gasteiger partial charge in [-0.15, -0.1) is 0 Å². The molecule has 0 saturated carbocycles. The summed E-state index contributed by atoms with van der Waals surface area (Å²) in [6.07, 6.45) is -0.851. The van der Waals surface area contributed by atoms with Gasteiger partial charge in [0.2, 0.25) is 10.0 Å². The van der Waals surface area contributed by atoms with Crippen molar-refractivity contribution in [3.63, 3.8) is 0 Å². The van der Waals surface area contributed by atoms with Crippen LogP contribution < -0.4 is 4.72 Å². The van der Waals surface area contributed by atoms with Crippen molar-refractivity contribution in [1.82, 2.24) is 4.72 Å². The monoisotopic (exact) mass is 392 g/mol. The Morgan fingerprint density at radius 3 is 2.52 bits per heavy atom. The van der Waals surface area contributed by atoms with Crippen LogP contribution in [0.25, 0.3) is 0 Å². The molecule has 2 aromatic carbocycles. The standard InChI is InChI=1S/C18H20N2O6S/c1-13-6-8-17(9-7-13)27(24,25)19-11-10-18(21)26-14(2)15-4-3-5-16(12-15)20(22)23/h3-9,12,14,19H,10-11H2,1-2H3/t14-/m1/s1. The van der Waals surface area contributed by atoms with E-state index in [-0.39, 0.29) is 23.5 Å². The number of ether oxygens (including phenoxy) is 1. The number of carbonyl (C=O) groups excluding carboxylic acids is 1. The van der Waals surface area contributed by atoms with Crippen LogP contribution in [0.3, 0.4) is 0 Å². The maximum atomic E-state index is 12.1. The number of carbonyl (C=O) groups is 1. The van der Waals surface area contributed by atoms with Crippen molar-refractivity contribution >= 4 is 21.7 Å². The van der Waals surface area contributed by atoms with Crippen molar-refractivity contribution in [2.24, 2.45) is 0 Å². The zero-order valence-corrected chi connectivity index (χ0v) is 15.7. The van der Waals surface area contributed by atoms with Gasteiger partial charge in [0.15, 0.2) is 0 Å². The number of nitro benzene ring substituents is 1. The molecule has 0 unspecified atom stereocenters. The smallest absolute Gasteiger partial charge is 0.307 e. The summed E-state index contributed by atoms with van der Waals surface area (Å²) in [4.78, 5) is 22.3. The molecule has 0 saturated heterocycles. The van der Waals surface area contributed by atoms with Crippen molar-refractivity contribution in [2.45, 2.75) is 31.3 Å². The number of esters is 1. The van der Waals surface area contributed by atoms with E-state index in [2.05, 4.69) is 4.72 Å². The van der Waals surface area contributed by atoms with Gasteiger partial charge in [-0.25, -0.2) is 13.1 Å². The molecule has 0 radical (unpaired) electrons. The summed E-state index contributed by atoms with van der Waals surface area (Å²) in [6, 6.07) is 12.1. The second kappa shape index (κ2) is 8.74. The van der Waals surface area contributed by atoms with Crippen molar-refractivity contribution in [3.8, 4) is 0 Å². The summed E-state index contributed by atoms with van der Waals surface area (Å²) in [6.45, 7) is 3.33. The van der Waals surface area contributed by atoms with Gasteiger partial charge in [0.05, 0.1) is 16.2 Å². The van der Waals surface area contributed by atoms with E-state index in [1.54, 1.807) is 25.1 Å². The number of hydrogen-bond donors (Lipinski definition) is 1. The summed E-state index contributed by atoms with van der Waals surface area (Å²) >= 11 is 0. The molecule has 0 aliphatic rings. The van der Waals surface area contributed by atoms with Crippen LogP contribution in [0, 0.1) is 17.0 Å². The number of benzene rings is 2. The van der Waals surface area contributed by atoms with E-state index < -0.39 is 27.0 Å². The van der Waals surface area contributed by atoms with Crippen LogP contribution >= 0.6 is 0 Å². The molecule has 9 heteroatoms. The summed E-state index contributed by atoms with van der Waals surface area (Å²) in [5.41, 5.74) is 1.33. The Balaban J connectivity index is 1.88. The van der Waals surface area contributed by atoms with E-state index in [1.165, 1.54) is 30.3 Å². The van der Waals surface area contributed by atoms with Crippen LogP contribution in [-0.4, -0.2) is 25.9 Å². The first kappa shape index (κ1) is 20.5. The number of hydrogen-bond acceptors (Lipinski definition) is 6. The first-order valence-corrected chi connectivity index (χ1v) is 9.67. The number of nitrogens with one attached hydrogen (secondary N) is 1. The third kappa shape index (κ3) is 5.87. The predicted octanol–water partition coefficient (Wildman–Crippen LogP) is 2.88. The number of rotatable bonds is 8. The molecule has 0 heterocycles. The maximum absolute atomic E-state index is 12.1. The Morgan fingerprint density at radius 1 is 1.22 bits per heavy atom. The average molecular weight is 392 g/mol. The Bertz CT molecular complexity index is 925. The fraction of sp³-hybridized carbons (Fsp3) is 0.278. The van der Waals surface area contributed by atoms with Gasteiger partial charge in [-0.05, 0) is 31.5 Å². The third-order valence-electron chi connectivity index (χ3n) is 3.81. The van der Waals surface area contributed by atoms with Gasteiger partial charge >= 0.3 is 5.97 Å². The first-order chi connectivity index (χ1) is 12.7. The summed E-state index contributed by atoms with van der Waals surface area (Å²) in [5, 5.41) is 10.8. The molecule has 0 aliphatic heterocycles. The fourth-order valence-electron chi connectivity index (χ4n) is 2.30. The Morgan fingerprint density at radius 2 is 1.89 bits per heavy atom. The molecule has 8 nitrogen and oxygen atoms in total. The highest BCUT2D eigenvalue weighted by atomic mass is 32.2. The number of nitro groups is 1. The zero-order chi connectivity index (χ0) is 20.0. The lowest BCUT2D eigenvalue weighted by molar-refractivity contribution is -0.385. The molecule has 1 atom stereocenters. The Kier molecular flexibility index (Phi) is 6.65. The predicted molar refractivity (Wildman–Crippen MR) is 98.6 cm³/mol. The largest absolute Gasteiger partial charge is 0.458 e. The summed E-state index contributed by atoms with van der Waals surface area (Å²) in [7, 11) is -3.70. The molecular weight excluding hydrogens is 372 g/mol. The topological polar surface area (TPSA) is 116 Å². The average Bonchev–Trinajstić information content (AvgIpc) is 2.62. The molecule has 144 valence electrons. The second-order valence-electron chi connectivity index (χ2n) is 5.95. The van der Waals surface area contributed by atoms with Crippen LogP contribution in [0.4, 0.5) is 5.69 Å². The van der Waals surface area contributed by atoms with Crippen LogP contribution in [0.5, 0.6) is 0 Å². The molecule has 2 rings (SSSR count). The number of nitrogens with zero attached hydrogens (tertiary/aromatic N) is 1. The van der Waals surface area contributed by atoms with E-state index >= 15 is 0 Å². The zero-order valence-electron chi connectivity index (χ0n) is 14.9. The Labute approximate surface area is 157 Å². The van der Waals surface area contributed by atoms with Gasteiger partial charge in [-0.3, -0.25) is 14.9 Å². The molecule has 2 aromatic rings. The second-order valence-corrected chi connectivity index (χ2v) is 7.71. The van der Waals surface area contributed by atoms with Gasteiger partial charge in [0.25, 0.3) is 5.69 Å². The lowest BCUT2D eigenvalue weighted by Gasteiger charge is -2.14. The third-order valence-corrected chi connectivity index (χ3v) is 5.29. The van der Waals surface area contributed by atoms with Crippen LogP contribution in [0.1, 0.15) is 30.6 Å². The minimum absolute atomic E-state index is 0.0961. The van der Waals surface area contributed by atoms with Crippen LogP contribution in [0.2, 0.25) is 0 Å². The van der Waals surface area contributed by atoms with Crippen molar-refractivity contribution in [2.75, 3.05) is 6.54 Å². The van der Waals surface area contributed by atoms with Crippen molar-refractivity contribution in [3.05, 3.63) is 69.8 Å². The van der Waals surface area contributed by atoms with Gasteiger partial charge in [0.1, 0.15) is 6.10 Å². The molecule has 0 aromatic heterocycles. The SMILES string of the molecule is Cc1ccc(S(=O)(=O)NCCC(=O)O[C@H](C)c2cccc([N+](=O)[O-])c2)cc1. The molecule has 0 amide bonds.